The molecular weight excluding hydrogens is 418 g/mol. The molecule has 0 saturated carbocycles. The fourth-order valence-corrected chi connectivity index (χ4v) is 2.67. The highest BCUT2D eigenvalue weighted by Gasteiger charge is 2.77. The first-order valence-electron chi connectivity index (χ1n) is 8.68. The third-order valence-electron chi connectivity index (χ3n) is 3.66. The van der Waals surface area contributed by atoms with Gasteiger partial charge in [-0.05, 0) is 6.92 Å². The van der Waals surface area contributed by atoms with E-state index in [2.05, 4.69) is 14.2 Å². The van der Waals surface area contributed by atoms with Crippen molar-refractivity contribution in [3.63, 3.8) is 0 Å². The predicted molar refractivity (Wildman–Crippen MR) is 88.7 cm³/mol. The quantitative estimate of drug-likeness (QED) is 0.398. The molecule has 0 aliphatic carbocycles. The molecule has 11 nitrogen and oxygen atoms in total. The molecule has 0 aromatic carbocycles. The molecule has 0 N–H and O–H groups in total. The van der Waals surface area contributed by atoms with Crippen LogP contribution in [0.4, 0.5) is 8.78 Å². The lowest BCUT2D eigenvalue weighted by molar-refractivity contribution is -0.392. The molecule has 170 valence electrons. The summed E-state index contributed by atoms with van der Waals surface area (Å²) in [5.74, 6) is -14.6. The van der Waals surface area contributed by atoms with Gasteiger partial charge in [0.2, 0.25) is 6.10 Å². The zero-order valence-corrected chi connectivity index (χ0v) is 16.9. The average Bonchev–Trinajstić information content (AvgIpc) is 2.58. The Labute approximate surface area is 169 Å². The highest BCUT2D eigenvalue weighted by Crippen LogP contribution is 2.46. The van der Waals surface area contributed by atoms with Crippen molar-refractivity contribution in [1.82, 2.24) is 0 Å². The van der Waals surface area contributed by atoms with E-state index in [4.69, 9.17) is 14.2 Å². The van der Waals surface area contributed by atoms with Crippen LogP contribution in [-0.4, -0.2) is 73.1 Å². The van der Waals surface area contributed by atoms with Gasteiger partial charge >= 0.3 is 41.6 Å². The zero-order valence-electron chi connectivity index (χ0n) is 16.9. The lowest BCUT2D eigenvalue weighted by Gasteiger charge is -2.48. The summed E-state index contributed by atoms with van der Waals surface area (Å²) in [4.78, 5) is 58.1. The summed E-state index contributed by atoms with van der Waals surface area (Å²) in [7, 11) is 0. The minimum Gasteiger partial charge on any atom is -0.463 e. The van der Waals surface area contributed by atoms with Gasteiger partial charge in [-0.25, -0.2) is 4.79 Å². The number of hydrogen-bond donors (Lipinski definition) is 0. The Morgan fingerprint density at radius 3 is 1.87 bits per heavy atom. The minimum atomic E-state index is -4.58. The Morgan fingerprint density at radius 2 is 1.43 bits per heavy atom. The fourth-order valence-electron chi connectivity index (χ4n) is 2.67. The maximum absolute atomic E-state index is 15.5. The molecule has 13 heteroatoms. The van der Waals surface area contributed by atoms with Crippen LogP contribution in [0.2, 0.25) is 0 Å². The molecule has 1 fully saturated rings. The molecule has 0 aromatic heterocycles. The van der Waals surface area contributed by atoms with Crippen molar-refractivity contribution in [2.24, 2.45) is 0 Å². The van der Waals surface area contributed by atoms with Crippen molar-refractivity contribution < 1.29 is 61.2 Å². The lowest BCUT2D eigenvalue weighted by atomic mass is 9.90. The molecule has 4 atom stereocenters. The van der Waals surface area contributed by atoms with E-state index >= 15 is 8.78 Å². The van der Waals surface area contributed by atoms with Crippen molar-refractivity contribution in [2.75, 3.05) is 13.2 Å². The Hall–Kier alpha value is -2.83. The second-order valence-corrected chi connectivity index (χ2v) is 6.12. The van der Waals surface area contributed by atoms with Crippen LogP contribution in [0.1, 0.15) is 34.6 Å². The zero-order chi connectivity index (χ0) is 23.3. The van der Waals surface area contributed by atoms with Gasteiger partial charge in [-0.1, -0.05) is 0 Å². The van der Waals surface area contributed by atoms with Crippen molar-refractivity contribution in [3.05, 3.63) is 0 Å². The highest BCUT2D eigenvalue weighted by atomic mass is 19.3. The molecule has 1 rings (SSSR count). The second-order valence-electron chi connectivity index (χ2n) is 6.12. The van der Waals surface area contributed by atoms with Crippen LogP contribution in [0.3, 0.4) is 0 Å². The average molecular weight is 440 g/mol. The van der Waals surface area contributed by atoms with Crippen LogP contribution in [-0.2, 0) is 52.4 Å². The van der Waals surface area contributed by atoms with Crippen LogP contribution >= 0.6 is 0 Å². The molecule has 30 heavy (non-hydrogen) atoms. The largest absolute Gasteiger partial charge is 0.463 e. The van der Waals surface area contributed by atoms with Gasteiger partial charge in [-0.15, -0.1) is 0 Å². The van der Waals surface area contributed by atoms with Crippen LogP contribution in [0.5, 0.6) is 0 Å². The van der Waals surface area contributed by atoms with Gasteiger partial charge in [0.15, 0.2) is 6.10 Å². The van der Waals surface area contributed by atoms with Crippen molar-refractivity contribution in [1.29, 1.82) is 0 Å². The van der Waals surface area contributed by atoms with E-state index in [1.807, 2.05) is 0 Å². The first-order chi connectivity index (χ1) is 13.8. The van der Waals surface area contributed by atoms with Crippen LogP contribution < -0.4 is 0 Å². The van der Waals surface area contributed by atoms with Gasteiger partial charge < -0.3 is 28.4 Å². The van der Waals surface area contributed by atoms with E-state index in [1.54, 1.807) is 0 Å². The third kappa shape index (κ3) is 5.40. The summed E-state index contributed by atoms with van der Waals surface area (Å²) in [5.41, 5.74) is 0. The lowest BCUT2D eigenvalue weighted by Crippen LogP contribution is -2.74. The maximum Gasteiger partial charge on any atom is 0.386 e. The van der Waals surface area contributed by atoms with Crippen molar-refractivity contribution >= 4 is 29.8 Å². The van der Waals surface area contributed by atoms with Gasteiger partial charge in [0.1, 0.15) is 12.7 Å². The van der Waals surface area contributed by atoms with Crippen molar-refractivity contribution in [3.8, 4) is 0 Å². The minimum absolute atomic E-state index is 0.401. The normalized spacial score (nSPS) is 27.4. The van der Waals surface area contributed by atoms with Gasteiger partial charge in [-0.3, -0.25) is 19.2 Å². The summed E-state index contributed by atoms with van der Waals surface area (Å²) < 4.78 is 59.3. The SMILES string of the molecule is CCOC(=O)[C@@]1(OC(C)=O)O[C@@H](COC(C)=O)[C@H](OC(C)=O)[C@H](OC(C)=O)C1(F)F. The summed E-state index contributed by atoms with van der Waals surface area (Å²) in [6.45, 7) is 3.46. The van der Waals surface area contributed by atoms with Gasteiger partial charge in [0.05, 0.1) is 6.61 Å². The number of ether oxygens (including phenoxy) is 6. The van der Waals surface area contributed by atoms with E-state index in [1.165, 1.54) is 6.92 Å². The Kier molecular flexibility index (Phi) is 8.22. The van der Waals surface area contributed by atoms with Gasteiger partial charge in [-0.2, -0.15) is 8.78 Å². The molecule has 1 aliphatic heterocycles. The van der Waals surface area contributed by atoms with Crippen LogP contribution in [0.15, 0.2) is 0 Å². The molecular formula is C17H22F2O11. The number of alkyl halides is 2. The number of carbonyl (C=O) groups is 5. The summed E-state index contributed by atoms with van der Waals surface area (Å²) in [6, 6.07) is 0. The fraction of sp³-hybridized carbons (Fsp3) is 0.706. The van der Waals surface area contributed by atoms with Crippen LogP contribution in [0.25, 0.3) is 0 Å². The molecule has 0 unspecified atom stereocenters. The number of esters is 5. The monoisotopic (exact) mass is 440 g/mol. The van der Waals surface area contributed by atoms with Crippen LogP contribution in [0, 0.1) is 0 Å². The van der Waals surface area contributed by atoms with Gasteiger partial charge in [0, 0.05) is 27.7 Å². The van der Waals surface area contributed by atoms with E-state index < -0.39 is 73.1 Å². The summed E-state index contributed by atoms with van der Waals surface area (Å²) >= 11 is 0. The van der Waals surface area contributed by atoms with E-state index in [0.717, 1.165) is 27.7 Å². The molecule has 0 amide bonds. The summed E-state index contributed by atoms with van der Waals surface area (Å²) in [5, 5.41) is 0. The number of carbonyl (C=O) groups excluding carboxylic acids is 5. The number of hydrogen-bond acceptors (Lipinski definition) is 11. The Balaban J connectivity index is 3.65. The smallest absolute Gasteiger partial charge is 0.386 e. The molecule has 1 saturated heterocycles. The number of rotatable bonds is 7. The van der Waals surface area contributed by atoms with Gasteiger partial charge in [0.25, 0.3) is 0 Å². The highest BCUT2D eigenvalue weighted by molar-refractivity contribution is 5.83. The second kappa shape index (κ2) is 9.78. The molecule has 0 spiro atoms. The topological polar surface area (TPSA) is 141 Å². The maximum atomic E-state index is 15.5. The number of halogens is 2. The van der Waals surface area contributed by atoms with E-state index in [0.29, 0.717) is 0 Å². The van der Waals surface area contributed by atoms with E-state index in [9.17, 15) is 24.0 Å². The standard InChI is InChI=1S/C17H22F2O11/c1-6-25-15(24)17(29-11(5)23)16(18,19)14(28-10(4)22)13(27-9(3)21)12(30-17)7-26-8(2)20/h12-14H,6-7H2,1-5H3/t12-,13-,14-,17+/m0/s1. The predicted octanol–water partition coefficient (Wildman–Crippen LogP) is 0.270. The molecule has 0 aromatic rings. The summed E-state index contributed by atoms with van der Waals surface area (Å²) in [6.07, 6.45) is -6.48. The Bertz CT molecular complexity index is 708. The first kappa shape index (κ1) is 25.2. The molecule has 0 radical (unpaired) electrons. The molecule has 0 bridgehead atoms. The molecule has 1 heterocycles. The first-order valence-corrected chi connectivity index (χ1v) is 8.68. The van der Waals surface area contributed by atoms with Crippen molar-refractivity contribution in [2.45, 2.75) is 64.6 Å². The third-order valence-corrected chi connectivity index (χ3v) is 3.66. The van der Waals surface area contributed by atoms with E-state index in [-0.39, 0.29) is 0 Å². The molecule has 1 aliphatic rings. The Morgan fingerprint density at radius 1 is 0.867 bits per heavy atom.